The lowest BCUT2D eigenvalue weighted by molar-refractivity contribution is -0.277. The first-order valence-electron chi connectivity index (χ1n) is 46.3. The Labute approximate surface area is 831 Å². The average molecular weight is 2060 g/mol. The quantitative estimate of drug-likeness (QED) is 0.0118. The SMILES string of the molecule is COc1ccc(C(OCC(OC(=O)CCC(=O)N[S-](=P)=S)C(=O)N(CCCNC(=O)CCCCOC2OC(COC(C)=O)C(OC(C)=O)C(OC(C)=O)C2NC(C)=O)CCCN(CCCNC(=O)CCCCOC2OC(COC(C)=O)C(OC(C)=O)C(OC(C)=O)C2NC(C)=O)C(=O)CCCCOC2OC(COC(C)=O)C(OC(C)=O)C(OC(C)=O)C2NC(C)=O)(c2ccccc2)c2ccc(OC)cc2)cc1. The first-order chi connectivity index (χ1) is 67.5. The molecule has 0 aliphatic carbocycles. The summed E-state index contributed by atoms with van der Waals surface area (Å²) in [4.78, 5) is 238. The summed E-state index contributed by atoms with van der Waals surface area (Å²) in [6.45, 7) is 10.6. The number of hydrogen-bond donors (Lipinski definition) is 6. The van der Waals surface area contributed by atoms with Crippen molar-refractivity contribution in [1.29, 1.82) is 0 Å². The minimum atomic E-state index is -1.82. The van der Waals surface area contributed by atoms with Crippen LogP contribution in [0.15, 0.2) is 78.9 Å². The molecule has 0 bridgehead atoms. The molecule has 3 fully saturated rings. The van der Waals surface area contributed by atoms with E-state index in [9.17, 15) is 81.5 Å². The number of methoxy groups -OCH3 is 2. The highest BCUT2D eigenvalue weighted by atomic mass is 32.9. The number of carbonyl (C=O) groups is 18. The van der Waals surface area contributed by atoms with Crippen molar-refractivity contribution in [2.24, 2.45) is 0 Å². The Kier molecular flexibility index (Phi) is 52.0. The molecule has 0 saturated carbocycles. The van der Waals surface area contributed by atoms with Crippen LogP contribution in [0.5, 0.6) is 11.5 Å². The molecule has 3 aromatic carbocycles. The Morgan fingerprint density at radius 2 is 0.732 bits per heavy atom. The number of amides is 8. The number of unbranched alkanes of at least 4 members (excludes halogenated alkanes) is 3. The van der Waals surface area contributed by atoms with E-state index in [2.05, 4.69) is 39.3 Å². The van der Waals surface area contributed by atoms with E-state index < -0.39 is 259 Å². The van der Waals surface area contributed by atoms with Crippen LogP contribution in [-0.4, -0.2) is 315 Å². The van der Waals surface area contributed by atoms with Gasteiger partial charge in [-0.05, 0) is 98.7 Å². The molecule has 0 aromatic heterocycles. The smallest absolute Gasteiger partial charge is 0.307 e. The summed E-state index contributed by atoms with van der Waals surface area (Å²) >= 11 is 5.13. The summed E-state index contributed by atoms with van der Waals surface area (Å²) < 4.78 is 113. The van der Waals surface area contributed by atoms with Gasteiger partial charge in [-0.15, -0.1) is 0 Å². The van der Waals surface area contributed by atoms with Crippen LogP contribution in [0.1, 0.15) is 190 Å². The third-order valence-corrected chi connectivity index (χ3v) is 22.7. The second-order valence-corrected chi connectivity index (χ2v) is 37.1. The predicted octanol–water partition coefficient (Wildman–Crippen LogP) is 3.46. The summed E-state index contributed by atoms with van der Waals surface area (Å²) in [5.74, 6) is -11.6. The van der Waals surface area contributed by atoms with Crippen molar-refractivity contribution >= 4 is 135 Å². The normalized spacial score (nSPS) is 20.9. The van der Waals surface area contributed by atoms with E-state index in [1.807, 2.05) is 12.1 Å². The van der Waals surface area contributed by atoms with E-state index in [4.69, 9.17) is 101 Å². The maximum Gasteiger partial charge on any atom is 0.307 e. The number of carbonyl (C=O) groups excluding carboxylic acids is 18. The third kappa shape index (κ3) is 41.3. The molecular formula is C94H132N8O37PS2-. The number of nitrogens with one attached hydrogen (secondary N) is 6. The Morgan fingerprint density at radius 1 is 0.394 bits per heavy atom. The molecule has 788 valence electrons. The van der Waals surface area contributed by atoms with E-state index in [1.54, 1.807) is 66.7 Å². The molecule has 16 atom stereocenters. The molecule has 16 unspecified atom stereocenters. The zero-order valence-electron chi connectivity index (χ0n) is 82.2. The Balaban J connectivity index is 1.32. The van der Waals surface area contributed by atoms with Gasteiger partial charge in [0.15, 0.2) is 55.5 Å². The van der Waals surface area contributed by atoms with Crippen LogP contribution in [-0.2, 0) is 192 Å². The van der Waals surface area contributed by atoms with Gasteiger partial charge in [0, 0.05) is 168 Å². The summed E-state index contributed by atoms with van der Waals surface area (Å²) in [6, 6.07) is 19.1. The fourth-order valence-electron chi connectivity index (χ4n) is 15.7. The van der Waals surface area contributed by atoms with Gasteiger partial charge in [-0.3, -0.25) is 103 Å². The van der Waals surface area contributed by atoms with Crippen LogP contribution in [0.4, 0.5) is 0 Å². The van der Waals surface area contributed by atoms with Crippen molar-refractivity contribution in [3.05, 3.63) is 95.6 Å². The Hall–Kier alpha value is -11.7. The fraction of sp³-hybridized carbons (Fsp3) is 0.617. The molecule has 6 N–H and O–H groups in total. The van der Waals surface area contributed by atoms with E-state index >= 15 is 4.79 Å². The van der Waals surface area contributed by atoms with Crippen molar-refractivity contribution < 1.29 is 176 Å². The molecule has 3 saturated heterocycles. The molecular weight excluding hydrogens is 1930 g/mol. The Morgan fingerprint density at radius 3 is 1.08 bits per heavy atom. The highest BCUT2D eigenvalue weighted by molar-refractivity contribution is 8.38. The van der Waals surface area contributed by atoms with Gasteiger partial charge >= 0.3 is 59.7 Å². The summed E-state index contributed by atoms with van der Waals surface area (Å²) in [7, 11) is 5.00. The van der Waals surface area contributed by atoms with Gasteiger partial charge in [0.2, 0.25) is 47.5 Å². The summed E-state index contributed by atoms with van der Waals surface area (Å²) in [5, 5.41) is 13.7. The minimum Gasteiger partial charge on any atom is -0.497 e. The summed E-state index contributed by atoms with van der Waals surface area (Å²) in [6.07, 6.45) is -18.1. The van der Waals surface area contributed by atoms with E-state index in [0.717, 1.165) is 62.3 Å². The number of rotatable bonds is 59. The maximum atomic E-state index is 16.1. The molecule has 3 aliphatic heterocycles. The molecule has 48 heteroatoms. The number of esters is 10. The lowest BCUT2D eigenvalue weighted by Crippen LogP contribution is -2.66. The molecule has 6 rings (SSSR count). The van der Waals surface area contributed by atoms with Crippen molar-refractivity contribution in [2.75, 3.05) is 99.7 Å². The third-order valence-electron chi connectivity index (χ3n) is 21.8. The van der Waals surface area contributed by atoms with Gasteiger partial charge in [-0.2, -0.15) is 0 Å². The van der Waals surface area contributed by atoms with Crippen LogP contribution < -0.4 is 40.8 Å². The minimum absolute atomic E-state index is 0.00309. The predicted molar refractivity (Wildman–Crippen MR) is 503 cm³/mol. The molecule has 8 amide bonds. The number of nitrogens with zero attached hydrogens (tertiary/aromatic N) is 2. The first-order valence-corrected chi connectivity index (χ1v) is 49.7. The molecule has 0 spiro atoms. The maximum absolute atomic E-state index is 16.1. The van der Waals surface area contributed by atoms with Crippen LogP contribution in [0.25, 0.3) is 0 Å². The highest BCUT2D eigenvalue weighted by Crippen LogP contribution is 2.43. The largest absolute Gasteiger partial charge is 0.497 e. The standard InChI is InChI=1S/C94H132N8O37PS2/c1-55(103)97-81-87(133-64(10)112)84(130-61(7)109)72(51-126-58(4)106)137-91(81)123-48-21-18-29-76(115)95-42-24-44-101(79(118)31-20-23-50-125-93-83(99-57(3)105)89(135-66(12)114)86(132-63(9)111)74(139-93)53-128-60(6)108)46-26-47-102(45-25-43-96-77(116)30-19-22-49-124-92-82(98-56(2)104)88(134-65(11)113)85(131-62(8)110)73(138-92)52-127-59(5)107)90(120)75(136-80(119)41-40-78(117)100-142(140)141)54-129-94(67-27-16-15-17-28-67,68-32-36-70(121-13)37-33-68)69-34-38-71(122-14)39-35-69/h15-17,27-28,32-39,72-75,81-89,91-93,140H,18-26,29-31,40-54H2,1-14H3,(H,95,115)(H,96,116)(H,97,103)(H,98,104)(H,99,105)(H,100,117,141)/q-1. The van der Waals surface area contributed by atoms with Gasteiger partial charge in [-0.1, -0.05) is 54.6 Å². The van der Waals surface area contributed by atoms with Crippen LogP contribution in [0.3, 0.4) is 0 Å². The lowest BCUT2D eigenvalue weighted by Gasteiger charge is -2.44. The van der Waals surface area contributed by atoms with Gasteiger partial charge in [0.25, 0.3) is 5.91 Å². The van der Waals surface area contributed by atoms with E-state index in [1.165, 1.54) is 44.8 Å². The molecule has 3 heterocycles. The topological polar surface area (TPSA) is 561 Å². The lowest BCUT2D eigenvalue weighted by atomic mass is 9.80. The van der Waals surface area contributed by atoms with Gasteiger partial charge in [0.1, 0.15) is 73.4 Å². The van der Waals surface area contributed by atoms with Crippen molar-refractivity contribution in [1.82, 2.24) is 41.1 Å². The molecule has 0 radical (unpaired) electrons. The molecule has 142 heavy (non-hydrogen) atoms. The zero-order chi connectivity index (χ0) is 105. The second kappa shape index (κ2) is 62.0. The molecule has 45 nitrogen and oxygen atoms in total. The van der Waals surface area contributed by atoms with Crippen molar-refractivity contribution in [2.45, 2.75) is 277 Å². The average Bonchev–Trinajstić information content (AvgIpc) is 0.762. The van der Waals surface area contributed by atoms with E-state index in [-0.39, 0.29) is 136 Å². The van der Waals surface area contributed by atoms with Crippen molar-refractivity contribution in [3.8, 4) is 11.5 Å². The van der Waals surface area contributed by atoms with Gasteiger partial charge in [0.05, 0.1) is 27.2 Å². The Bertz CT molecular complexity index is 4730. The van der Waals surface area contributed by atoms with Crippen LogP contribution in [0.2, 0.25) is 0 Å². The molecule has 3 aliphatic rings. The van der Waals surface area contributed by atoms with Gasteiger partial charge < -0.3 is 131 Å². The number of benzene rings is 3. The summed E-state index contributed by atoms with van der Waals surface area (Å²) in [5.41, 5.74) is -0.0107. The first kappa shape index (κ1) is 119. The number of ether oxygens (including phenoxy) is 19. The number of hydrogen-bond acceptors (Lipinski definition) is 39. The monoisotopic (exact) mass is 2060 g/mol. The van der Waals surface area contributed by atoms with Crippen LogP contribution >= 0.6 is 8.02 Å². The highest BCUT2D eigenvalue weighted by Gasteiger charge is 2.55. The molecule has 3 aromatic rings. The second-order valence-electron chi connectivity index (χ2n) is 33.2. The van der Waals surface area contributed by atoms with Crippen molar-refractivity contribution in [3.63, 3.8) is 0 Å². The fourth-order valence-corrected chi connectivity index (χ4v) is 16.7. The zero-order valence-corrected chi connectivity index (χ0v) is 84.8. The van der Waals surface area contributed by atoms with Gasteiger partial charge in [-0.25, -0.2) is 11.2 Å². The van der Waals surface area contributed by atoms with E-state index in [0.29, 0.717) is 28.2 Å². The van der Waals surface area contributed by atoms with Crippen LogP contribution in [0, 0.1) is 0 Å².